The van der Waals surface area contributed by atoms with Gasteiger partial charge in [-0.15, -0.1) is 4.73 Å². The summed E-state index contributed by atoms with van der Waals surface area (Å²) in [5, 5.41) is 19.4. The molecule has 1 aromatic carbocycles. The van der Waals surface area contributed by atoms with Crippen LogP contribution in [0.1, 0.15) is 18.1 Å². The van der Waals surface area contributed by atoms with E-state index in [2.05, 4.69) is 4.99 Å². The van der Waals surface area contributed by atoms with Crippen molar-refractivity contribution < 1.29 is 15.1 Å². The predicted molar refractivity (Wildman–Crippen MR) is 79.2 cm³/mol. The number of rotatable bonds is 3. The lowest BCUT2D eigenvalue weighted by atomic mass is 10.1. The molecule has 6 heteroatoms. The summed E-state index contributed by atoms with van der Waals surface area (Å²) in [5.74, 6) is 0.140. The molecule has 110 valence electrons. The summed E-state index contributed by atoms with van der Waals surface area (Å²) in [6, 6.07) is 8.35. The second-order valence-electron chi connectivity index (χ2n) is 4.57. The first kappa shape index (κ1) is 14.6. The van der Waals surface area contributed by atoms with Crippen molar-refractivity contribution in [2.24, 2.45) is 4.99 Å². The molecule has 0 radical (unpaired) electrons. The second kappa shape index (κ2) is 5.70. The van der Waals surface area contributed by atoms with E-state index in [0.29, 0.717) is 28.3 Å². The van der Waals surface area contributed by atoms with Crippen LogP contribution in [0.3, 0.4) is 0 Å². The molecular weight excluding hydrogens is 272 g/mol. The number of aliphatic imine (C=N–C) groups is 1. The molecule has 2 rings (SSSR count). The predicted octanol–water partition coefficient (Wildman–Crippen LogP) is 2.25. The Morgan fingerprint density at radius 3 is 2.71 bits per heavy atom. The maximum absolute atomic E-state index is 11.4. The van der Waals surface area contributed by atoms with Crippen molar-refractivity contribution in [3.05, 3.63) is 51.8 Å². The van der Waals surface area contributed by atoms with Crippen LogP contribution in [-0.4, -0.2) is 27.9 Å². The summed E-state index contributed by atoms with van der Waals surface area (Å²) in [6.07, 6.45) is 0. The topological polar surface area (TPSA) is 84.0 Å². The molecule has 0 fully saturated rings. The molecular formula is C15H16N2O4. The van der Waals surface area contributed by atoms with Gasteiger partial charge in [0.2, 0.25) is 5.88 Å². The van der Waals surface area contributed by atoms with E-state index in [4.69, 9.17) is 4.74 Å². The molecule has 0 bridgehead atoms. The molecule has 6 nitrogen and oxygen atoms in total. The van der Waals surface area contributed by atoms with Crippen molar-refractivity contribution in [1.82, 2.24) is 4.73 Å². The third-order valence-electron chi connectivity index (χ3n) is 3.08. The molecule has 0 spiro atoms. The molecule has 0 unspecified atom stereocenters. The van der Waals surface area contributed by atoms with Gasteiger partial charge in [0, 0.05) is 12.1 Å². The van der Waals surface area contributed by atoms with E-state index in [1.165, 1.54) is 6.07 Å². The fraction of sp³-hybridized carbons (Fsp3) is 0.200. The van der Waals surface area contributed by atoms with Crippen LogP contribution >= 0.6 is 0 Å². The van der Waals surface area contributed by atoms with Crippen molar-refractivity contribution in [2.45, 2.75) is 13.8 Å². The Morgan fingerprint density at radius 2 is 2.05 bits per heavy atom. The molecule has 0 saturated heterocycles. The Bertz CT molecular complexity index is 763. The van der Waals surface area contributed by atoms with Crippen LogP contribution < -0.4 is 10.3 Å². The minimum absolute atomic E-state index is 0.201. The van der Waals surface area contributed by atoms with Crippen LogP contribution in [0.25, 0.3) is 0 Å². The monoisotopic (exact) mass is 288 g/mol. The largest absolute Gasteiger partial charge is 0.497 e. The minimum atomic E-state index is -0.692. The summed E-state index contributed by atoms with van der Waals surface area (Å²) in [7, 11) is 1.56. The molecule has 0 amide bonds. The zero-order valence-electron chi connectivity index (χ0n) is 12.0. The minimum Gasteiger partial charge on any atom is -0.497 e. The zero-order chi connectivity index (χ0) is 15.6. The SMILES string of the molecule is COc1cccc(N=C(C)c2c(C)cc(=O)n(O)c2O)c1. The Balaban J connectivity index is 2.53. The summed E-state index contributed by atoms with van der Waals surface area (Å²) in [4.78, 5) is 15.8. The van der Waals surface area contributed by atoms with Crippen molar-refractivity contribution in [2.75, 3.05) is 7.11 Å². The maximum Gasteiger partial charge on any atom is 0.286 e. The van der Waals surface area contributed by atoms with Gasteiger partial charge in [0.25, 0.3) is 5.56 Å². The molecule has 2 N–H and O–H groups in total. The first-order valence-electron chi connectivity index (χ1n) is 6.28. The lowest BCUT2D eigenvalue weighted by Crippen LogP contribution is -2.20. The normalized spacial score (nSPS) is 11.5. The highest BCUT2D eigenvalue weighted by Crippen LogP contribution is 2.24. The average Bonchev–Trinajstić information content (AvgIpc) is 2.45. The van der Waals surface area contributed by atoms with Crippen LogP contribution in [0.4, 0.5) is 5.69 Å². The number of aryl methyl sites for hydroxylation is 1. The standard InChI is InChI=1S/C15H16N2O4/c1-9-7-13(18)17(20)15(19)14(9)10(2)16-11-5-4-6-12(8-11)21-3/h4-8,19-20H,1-3H3. The van der Waals surface area contributed by atoms with E-state index in [0.717, 1.165) is 0 Å². The quantitative estimate of drug-likeness (QED) is 0.670. The fourth-order valence-corrected chi connectivity index (χ4v) is 2.08. The lowest BCUT2D eigenvalue weighted by Gasteiger charge is -2.10. The van der Waals surface area contributed by atoms with E-state index in [1.54, 1.807) is 45.2 Å². The first-order chi connectivity index (χ1) is 9.93. The number of aromatic hydroxyl groups is 1. The number of aromatic nitrogens is 1. The summed E-state index contributed by atoms with van der Waals surface area (Å²) >= 11 is 0. The Morgan fingerprint density at radius 1 is 1.33 bits per heavy atom. The van der Waals surface area contributed by atoms with Crippen LogP contribution in [0.15, 0.2) is 40.1 Å². The lowest BCUT2D eigenvalue weighted by molar-refractivity contribution is 0.143. The summed E-state index contributed by atoms with van der Waals surface area (Å²) in [6.45, 7) is 3.35. The van der Waals surface area contributed by atoms with Gasteiger partial charge in [0.1, 0.15) is 5.75 Å². The van der Waals surface area contributed by atoms with Gasteiger partial charge in [-0.1, -0.05) is 6.07 Å². The number of hydrogen-bond donors (Lipinski definition) is 2. The van der Waals surface area contributed by atoms with E-state index in [1.807, 2.05) is 0 Å². The fourth-order valence-electron chi connectivity index (χ4n) is 2.08. The molecule has 0 aliphatic carbocycles. The number of ether oxygens (including phenoxy) is 1. The molecule has 2 aromatic rings. The summed E-state index contributed by atoms with van der Waals surface area (Å²) in [5.41, 5.74) is 1.28. The number of hydrogen-bond acceptors (Lipinski definition) is 5. The molecule has 0 aliphatic rings. The smallest absolute Gasteiger partial charge is 0.286 e. The van der Waals surface area contributed by atoms with Crippen molar-refractivity contribution in [3.8, 4) is 11.6 Å². The third kappa shape index (κ3) is 2.89. The van der Waals surface area contributed by atoms with E-state index < -0.39 is 11.4 Å². The Hall–Kier alpha value is -2.76. The van der Waals surface area contributed by atoms with E-state index >= 15 is 0 Å². The van der Waals surface area contributed by atoms with Gasteiger partial charge in [-0.25, -0.2) is 0 Å². The van der Waals surface area contributed by atoms with Gasteiger partial charge < -0.3 is 15.1 Å². The first-order valence-corrected chi connectivity index (χ1v) is 6.28. The third-order valence-corrected chi connectivity index (χ3v) is 3.08. The molecule has 0 atom stereocenters. The Labute approximate surface area is 121 Å². The van der Waals surface area contributed by atoms with Crippen LogP contribution in [-0.2, 0) is 0 Å². The highest BCUT2D eigenvalue weighted by molar-refractivity contribution is 6.03. The van der Waals surface area contributed by atoms with Gasteiger partial charge in [-0.2, -0.15) is 0 Å². The van der Waals surface area contributed by atoms with Crippen LogP contribution in [0.2, 0.25) is 0 Å². The van der Waals surface area contributed by atoms with Gasteiger partial charge in [0.15, 0.2) is 0 Å². The zero-order valence-corrected chi connectivity index (χ0v) is 12.0. The van der Waals surface area contributed by atoms with Crippen molar-refractivity contribution in [3.63, 3.8) is 0 Å². The number of pyridine rings is 1. The van der Waals surface area contributed by atoms with Crippen molar-refractivity contribution in [1.29, 1.82) is 0 Å². The van der Waals surface area contributed by atoms with Crippen LogP contribution in [0, 0.1) is 6.92 Å². The number of methoxy groups -OCH3 is 1. The second-order valence-corrected chi connectivity index (χ2v) is 4.57. The highest BCUT2D eigenvalue weighted by Gasteiger charge is 2.14. The molecule has 21 heavy (non-hydrogen) atoms. The Kier molecular flexibility index (Phi) is 3.98. The van der Waals surface area contributed by atoms with Crippen LogP contribution in [0.5, 0.6) is 11.6 Å². The van der Waals surface area contributed by atoms with Gasteiger partial charge in [0.05, 0.1) is 24.1 Å². The van der Waals surface area contributed by atoms with E-state index in [-0.39, 0.29) is 4.73 Å². The van der Waals surface area contributed by atoms with Crippen molar-refractivity contribution >= 4 is 11.4 Å². The average molecular weight is 288 g/mol. The maximum atomic E-state index is 11.4. The van der Waals surface area contributed by atoms with E-state index in [9.17, 15) is 15.1 Å². The molecule has 0 saturated carbocycles. The highest BCUT2D eigenvalue weighted by atomic mass is 16.5. The molecule has 1 aromatic heterocycles. The molecule has 1 heterocycles. The van der Waals surface area contributed by atoms with Gasteiger partial charge in [-0.3, -0.25) is 9.79 Å². The number of benzene rings is 1. The summed E-state index contributed by atoms with van der Waals surface area (Å²) < 4.78 is 5.32. The molecule has 0 aliphatic heterocycles. The van der Waals surface area contributed by atoms with Gasteiger partial charge in [-0.05, 0) is 31.5 Å². The number of nitrogens with zero attached hydrogens (tertiary/aromatic N) is 2. The van der Waals surface area contributed by atoms with Gasteiger partial charge >= 0.3 is 0 Å².